The van der Waals surface area contributed by atoms with Crippen LogP contribution in [0.25, 0.3) is 0 Å². The Morgan fingerprint density at radius 1 is 1.35 bits per heavy atom. The van der Waals surface area contributed by atoms with Crippen molar-refractivity contribution < 1.29 is 13.9 Å². The summed E-state index contributed by atoms with van der Waals surface area (Å²) in [6.45, 7) is 0.512. The van der Waals surface area contributed by atoms with E-state index in [-0.39, 0.29) is 11.8 Å². The van der Waals surface area contributed by atoms with Crippen molar-refractivity contribution in [3.05, 3.63) is 47.8 Å². The molecule has 0 saturated heterocycles. The van der Waals surface area contributed by atoms with Crippen molar-refractivity contribution in [2.75, 3.05) is 24.8 Å². The number of para-hydroxylation sites is 1. The van der Waals surface area contributed by atoms with Gasteiger partial charge in [0, 0.05) is 17.7 Å². The number of nitrogen functional groups attached to an aromatic ring is 1. The van der Waals surface area contributed by atoms with Crippen molar-refractivity contribution in [3.8, 4) is 11.5 Å². The molecule has 0 saturated carbocycles. The first kappa shape index (κ1) is 12.6. The lowest BCUT2D eigenvalue weighted by molar-refractivity contribution is 0.339. The number of fused-ring (bicyclic) bond motifs is 1. The molecule has 2 aromatic carbocycles. The molecule has 0 amide bonds. The van der Waals surface area contributed by atoms with E-state index in [1.165, 1.54) is 13.2 Å². The molecule has 1 unspecified atom stereocenters. The molecule has 1 aliphatic rings. The van der Waals surface area contributed by atoms with E-state index in [9.17, 15) is 4.39 Å². The van der Waals surface area contributed by atoms with E-state index >= 15 is 0 Å². The first-order valence-electron chi connectivity index (χ1n) is 6.30. The standard InChI is InChI=1S/C15H15FN2O2/c1-19-15-7-12(11(17)6-10(15)16)18-13-8-20-14-5-3-2-4-9(13)14/h2-7,13,18H,8,17H2,1H3. The second-order valence-corrected chi connectivity index (χ2v) is 4.62. The Labute approximate surface area is 116 Å². The van der Waals surface area contributed by atoms with Gasteiger partial charge < -0.3 is 20.5 Å². The molecule has 1 atom stereocenters. The third-order valence-electron chi connectivity index (χ3n) is 3.35. The Hall–Kier alpha value is -2.43. The molecule has 0 fully saturated rings. The number of hydrogen-bond acceptors (Lipinski definition) is 4. The van der Waals surface area contributed by atoms with Crippen LogP contribution in [0.2, 0.25) is 0 Å². The summed E-state index contributed by atoms with van der Waals surface area (Å²) in [5, 5.41) is 3.27. The average Bonchev–Trinajstić information content (AvgIpc) is 2.85. The van der Waals surface area contributed by atoms with Crippen LogP contribution in [0, 0.1) is 5.82 Å². The highest BCUT2D eigenvalue weighted by molar-refractivity contribution is 5.69. The number of nitrogens with one attached hydrogen (secondary N) is 1. The van der Waals surface area contributed by atoms with Crippen molar-refractivity contribution in [1.29, 1.82) is 0 Å². The van der Waals surface area contributed by atoms with Crippen LogP contribution >= 0.6 is 0 Å². The van der Waals surface area contributed by atoms with Gasteiger partial charge in [0.25, 0.3) is 0 Å². The second-order valence-electron chi connectivity index (χ2n) is 4.62. The van der Waals surface area contributed by atoms with Gasteiger partial charge in [0.15, 0.2) is 11.6 Å². The zero-order valence-electron chi connectivity index (χ0n) is 11.0. The van der Waals surface area contributed by atoms with E-state index in [2.05, 4.69) is 5.32 Å². The fraction of sp³-hybridized carbons (Fsp3) is 0.200. The number of benzene rings is 2. The summed E-state index contributed by atoms with van der Waals surface area (Å²) in [4.78, 5) is 0. The Morgan fingerprint density at radius 2 is 2.15 bits per heavy atom. The number of nitrogens with two attached hydrogens (primary N) is 1. The van der Waals surface area contributed by atoms with Crippen LogP contribution in [0.5, 0.6) is 11.5 Å². The minimum absolute atomic E-state index is 0.0105. The van der Waals surface area contributed by atoms with Crippen LogP contribution in [-0.2, 0) is 0 Å². The summed E-state index contributed by atoms with van der Waals surface area (Å²) in [6.07, 6.45) is 0. The van der Waals surface area contributed by atoms with Crippen molar-refractivity contribution in [1.82, 2.24) is 0 Å². The van der Waals surface area contributed by atoms with E-state index < -0.39 is 5.82 Å². The first-order chi connectivity index (χ1) is 9.69. The van der Waals surface area contributed by atoms with Crippen molar-refractivity contribution in [2.45, 2.75) is 6.04 Å². The van der Waals surface area contributed by atoms with Crippen molar-refractivity contribution in [2.24, 2.45) is 0 Å². The molecule has 4 nitrogen and oxygen atoms in total. The maximum Gasteiger partial charge on any atom is 0.167 e. The Kier molecular flexibility index (Phi) is 3.10. The minimum atomic E-state index is -0.473. The summed E-state index contributed by atoms with van der Waals surface area (Å²) in [7, 11) is 1.42. The summed E-state index contributed by atoms with van der Waals surface area (Å²) in [5.41, 5.74) is 7.88. The highest BCUT2D eigenvalue weighted by atomic mass is 19.1. The lowest BCUT2D eigenvalue weighted by atomic mass is 10.1. The second kappa shape index (κ2) is 4.92. The maximum atomic E-state index is 13.5. The fourth-order valence-electron chi connectivity index (χ4n) is 2.32. The fourth-order valence-corrected chi connectivity index (χ4v) is 2.32. The van der Waals surface area contributed by atoms with E-state index in [1.54, 1.807) is 6.07 Å². The largest absolute Gasteiger partial charge is 0.494 e. The third kappa shape index (κ3) is 2.11. The molecule has 5 heteroatoms. The molecule has 0 bridgehead atoms. The Morgan fingerprint density at radius 3 is 2.95 bits per heavy atom. The number of ether oxygens (including phenoxy) is 2. The number of halogens is 1. The Bertz CT molecular complexity index is 646. The molecule has 20 heavy (non-hydrogen) atoms. The number of hydrogen-bond donors (Lipinski definition) is 2. The van der Waals surface area contributed by atoms with Crippen LogP contribution in [0.3, 0.4) is 0 Å². The lowest BCUT2D eigenvalue weighted by Gasteiger charge is -2.16. The molecular weight excluding hydrogens is 259 g/mol. The highest BCUT2D eigenvalue weighted by Crippen LogP contribution is 2.36. The van der Waals surface area contributed by atoms with Gasteiger partial charge in [0.05, 0.1) is 24.5 Å². The molecule has 0 radical (unpaired) electrons. The SMILES string of the molecule is COc1cc(NC2COc3ccccc32)c(N)cc1F. The van der Waals surface area contributed by atoms with Gasteiger partial charge >= 0.3 is 0 Å². The molecule has 3 rings (SSSR count). The molecule has 1 aliphatic heterocycles. The maximum absolute atomic E-state index is 13.5. The third-order valence-corrected chi connectivity index (χ3v) is 3.35. The van der Waals surface area contributed by atoms with Gasteiger partial charge in [0.2, 0.25) is 0 Å². The summed E-state index contributed by atoms with van der Waals surface area (Å²) in [5.74, 6) is 0.546. The van der Waals surface area contributed by atoms with Crippen molar-refractivity contribution >= 4 is 11.4 Å². The molecule has 0 aromatic heterocycles. The van der Waals surface area contributed by atoms with Crippen LogP contribution in [0.15, 0.2) is 36.4 Å². The molecular formula is C15H15FN2O2. The van der Waals surface area contributed by atoms with Gasteiger partial charge in [-0.1, -0.05) is 18.2 Å². The van der Waals surface area contributed by atoms with Gasteiger partial charge in [-0.25, -0.2) is 4.39 Å². The minimum Gasteiger partial charge on any atom is -0.494 e. The zero-order valence-corrected chi connectivity index (χ0v) is 11.0. The van der Waals surface area contributed by atoms with Crippen LogP contribution in [-0.4, -0.2) is 13.7 Å². The number of anilines is 2. The smallest absolute Gasteiger partial charge is 0.167 e. The van der Waals surface area contributed by atoms with Gasteiger partial charge in [-0.2, -0.15) is 0 Å². The van der Waals surface area contributed by atoms with Crippen LogP contribution in [0.4, 0.5) is 15.8 Å². The number of rotatable bonds is 3. The monoisotopic (exact) mass is 274 g/mol. The predicted molar refractivity (Wildman–Crippen MR) is 75.7 cm³/mol. The first-order valence-corrected chi connectivity index (χ1v) is 6.30. The van der Waals surface area contributed by atoms with Gasteiger partial charge in [0.1, 0.15) is 12.4 Å². The van der Waals surface area contributed by atoms with Gasteiger partial charge in [-0.3, -0.25) is 0 Å². The quantitative estimate of drug-likeness (QED) is 0.845. The molecule has 0 aliphatic carbocycles. The van der Waals surface area contributed by atoms with Gasteiger partial charge in [-0.05, 0) is 6.07 Å². The van der Waals surface area contributed by atoms with E-state index in [1.807, 2.05) is 24.3 Å². The molecule has 2 aromatic rings. The van der Waals surface area contributed by atoms with E-state index in [0.29, 0.717) is 18.0 Å². The van der Waals surface area contributed by atoms with Crippen LogP contribution < -0.4 is 20.5 Å². The topological polar surface area (TPSA) is 56.5 Å². The predicted octanol–water partition coefficient (Wildman–Crippen LogP) is 2.96. The molecule has 1 heterocycles. The normalized spacial score (nSPS) is 16.4. The van der Waals surface area contributed by atoms with E-state index in [0.717, 1.165) is 11.3 Å². The lowest BCUT2D eigenvalue weighted by Crippen LogP contribution is -2.13. The summed E-state index contributed by atoms with van der Waals surface area (Å²) < 4.78 is 24.1. The highest BCUT2D eigenvalue weighted by Gasteiger charge is 2.24. The molecule has 0 spiro atoms. The van der Waals surface area contributed by atoms with Crippen molar-refractivity contribution in [3.63, 3.8) is 0 Å². The molecule has 104 valence electrons. The summed E-state index contributed by atoms with van der Waals surface area (Å²) >= 11 is 0. The average molecular weight is 274 g/mol. The van der Waals surface area contributed by atoms with E-state index in [4.69, 9.17) is 15.2 Å². The molecule has 3 N–H and O–H groups in total. The van der Waals surface area contributed by atoms with Gasteiger partial charge in [-0.15, -0.1) is 0 Å². The Balaban J connectivity index is 1.89. The summed E-state index contributed by atoms with van der Waals surface area (Å²) in [6, 6.07) is 10.6. The number of methoxy groups -OCH3 is 1. The zero-order chi connectivity index (χ0) is 14.1. The van der Waals surface area contributed by atoms with Crippen LogP contribution in [0.1, 0.15) is 11.6 Å².